The first-order valence-electron chi connectivity index (χ1n) is 9.55. The summed E-state index contributed by atoms with van der Waals surface area (Å²) in [5.74, 6) is 0.762. The number of rotatable bonds is 4. The molecular weight excluding hydrogens is 388 g/mol. The zero-order valence-electron chi connectivity index (χ0n) is 15.9. The molecule has 5 heterocycles. The first-order valence-corrected chi connectivity index (χ1v) is 11.3. The Morgan fingerprint density at radius 2 is 2.18 bits per heavy atom. The fraction of sp³-hybridized carbons (Fsp3) is 0.333. The van der Waals surface area contributed by atoms with E-state index >= 15 is 0 Å². The van der Waals surface area contributed by atoms with Gasteiger partial charge in [0.05, 0.1) is 17.5 Å². The van der Waals surface area contributed by atoms with Crippen LogP contribution in [0.3, 0.4) is 0 Å². The van der Waals surface area contributed by atoms with Gasteiger partial charge in [-0.2, -0.15) is 0 Å². The SMILES string of the molecule is C[C@H](c1nc2scc(-c3cccs3)c2c(=O)[nH]1)N1CCC[C@@H]1c1cccn1C. The number of H-pyrrole nitrogens is 1. The highest BCUT2D eigenvalue weighted by atomic mass is 32.1. The van der Waals surface area contributed by atoms with Crippen molar-refractivity contribution < 1.29 is 0 Å². The number of aromatic nitrogens is 3. The van der Waals surface area contributed by atoms with E-state index in [0.717, 1.165) is 40.5 Å². The summed E-state index contributed by atoms with van der Waals surface area (Å²) in [6.07, 6.45) is 4.39. The lowest BCUT2D eigenvalue weighted by atomic mass is 10.1. The molecule has 5 rings (SSSR count). The fourth-order valence-corrected chi connectivity index (χ4v) is 6.09. The summed E-state index contributed by atoms with van der Waals surface area (Å²) < 4.78 is 2.20. The largest absolute Gasteiger partial charge is 0.353 e. The van der Waals surface area contributed by atoms with Gasteiger partial charge in [-0.15, -0.1) is 22.7 Å². The highest BCUT2D eigenvalue weighted by Gasteiger charge is 2.33. The maximum atomic E-state index is 13.0. The van der Waals surface area contributed by atoms with Gasteiger partial charge in [0.2, 0.25) is 0 Å². The minimum absolute atomic E-state index is 0.0360. The average molecular weight is 411 g/mol. The molecule has 1 aliphatic heterocycles. The molecule has 1 fully saturated rings. The second kappa shape index (κ2) is 6.99. The van der Waals surface area contributed by atoms with Crippen LogP contribution >= 0.6 is 22.7 Å². The van der Waals surface area contributed by atoms with Crippen LogP contribution in [0.25, 0.3) is 20.7 Å². The number of nitrogens with one attached hydrogen (secondary N) is 1. The summed E-state index contributed by atoms with van der Waals surface area (Å²) >= 11 is 3.21. The normalized spacial score (nSPS) is 18.9. The quantitative estimate of drug-likeness (QED) is 0.518. The fourth-order valence-electron chi connectivity index (χ4n) is 4.32. The molecule has 0 aliphatic carbocycles. The van der Waals surface area contributed by atoms with Gasteiger partial charge in [0.25, 0.3) is 5.56 Å². The van der Waals surface area contributed by atoms with Gasteiger partial charge in [0.15, 0.2) is 0 Å². The molecule has 1 N–H and O–H groups in total. The molecule has 1 aliphatic rings. The van der Waals surface area contributed by atoms with Gasteiger partial charge >= 0.3 is 0 Å². The summed E-state index contributed by atoms with van der Waals surface area (Å²) in [5, 5.41) is 4.80. The Morgan fingerprint density at radius 3 is 2.93 bits per heavy atom. The lowest BCUT2D eigenvalue weighted by molar-refractivity contribution is 0.181. The van der Waals surface area contributed by atoms with Crippen LogP contribution < -0.4 is 5.56 Å². The summed E-state index contributed by atoms with van der Waals surface area (Å²) in [6, 6.07) is 8.78. The van der Waals surface area contributed by atoms with E-state index in [1.165, 1.54) is 5.69 Å². The maximum Gasteiger partial charge on any atom is 0.260 e. The smallest absolute Gasteiger partial charge is 0.260 e. The van der Waals surface area contributed by atoms with Crippen molar-refractivity contribution in [2.75, 3.05) is 6.54 Å². The van der Waals surface area contributed by atoms with Gasteiger partial charge in [-0.1, -0.05) is 6.07 Å². The van der Waals surface area contributed by atoms with Crippen LogP contribution in [0.1, 0.15) is 43.4 Å². The van der Waals surface area contributed by atoms with Gasteiger partial charge in [-0.3, -0.25) is 9.69 Å². The van der Waals surface area contributed by atoms with Crippen molar-refractivity contribution in [1.82, 2.24) is 19.4 Å². The standard InChI is InChI=1S/C21H22N4OS2/c1-13(25-10-4-7-16(25)15-6-3-9-24(15)2)19-22-20(26)18-14(12-28-21(18)23-19)17-8-5-11-27-17/h3,5-6,8-9,11-13,16H,4,7,10H2,1-2H3,(H,22,23,26)/t13-,16-/m1/s1. The lowest BCUT2D eigenvalue weighted by Gasteiger charge is -2.30. The molecule has 0 saturated carbocycles. The summed E-state index contributed by atoms with van der Waals surface area (Å²) in [6.45, 7) is 3.17. The van der Waals surface area contributed by atoms with E-state index in [-0.39, 0.29) is 11.6 Å². The second-order valence-electron chi connectivity index (χ2n) is 7.37. The molecular formula is C21H22N4OS2. The molecule has 144 valence electrons. The minimum atomic E-state index is -0.0360. The third kappa shape index (κ3) is 2.85. The van der Waals surface area contributed by atoms with Gasteiger partial charge < -0.3 is 9.55 Å². The van der Waals surface area contributed by atoms with Crippen LogP contribution in [0, 0.1) is 0 Å². The number of aryl methyl sites for hydroxylation is 1. The molecule has 0 radical (unpaired) electrons. The molecule has 0 aromatic carbocycles. The number of likely N-dealkylation sites (tertiary alicyclic amines) is 1. The number of hydrogen-bond donors (Lipinski definition) is 1. The highest BCUT2D eigenvalue weighted by Crippen LogP contribution is 2.38. The van der Waals surface area contributed by atoms with Crippen LogP contribution in [0.5, 0.6) is 0 Å². The van der Waals surface area contributed by atoms with Gasteiger partial charge in [0, 0.05) is 34.8 Å². The van der Waals surface area contributed by atoms with Crippen molar-refractivity contribution in [3.05, 3.63) is 63.1 Å². The third-order valence-corrected chi connectivity index (χ3v) is 7.54. The van der Waals surface area contributed by atoms with Gasteiger partial charge in [0.1, 0.15) is 10.7 Å². The minimum Gasteiger partial charge on any atom is -0.353 e. The Kier molecular flexibility index (Phi) is 4.45. The number of hydrogen-bond acceptors (Lipinski definition) is 5. The van der Waals surface area contributed by atoms with E-state index in [1.54, 1.807) is 22.7 Å². The van der Waals surface area contributed by atoms with Crippen molar-refractivity contribution >= 4 is 32.9 Å². The number of aromatic amines is 1. The first-order chi connectivity index (χ1) is 13.6. The Morgan fingerprint density at radius 1 is 1.29 bits per heavy atom. The van der Waals surface area contributed by atoms with Crippen LogP contribution in [0.4, 0.5) is 0 Å². The van der Waals surface area contributed by atoms with Crippen molar-refractivity contribution in [3.63, 3.8) is 0 Å². The molecule has 0 unspecified atom stereocenters. The van der Waals surface area contributed by atoms with E-state index in [1.807, 2.05) is 11.4 Å². The summed E-state index contributed by atoms with van der Waals surface area (Å²) in [4.78, 5) is 25.3. The molecule has 0 spiro atoms. The Hall–Kier alpha value is -2.22. The van der Waals surface area contributed by atoms with Crippen LogP contribution in [-0.2, 0) is 7.05 Å². The zero-order chi connectivity index (χ0) is 19.3. The molecule has 4 aromatic rings. The van der Waals surface area contributed by atoms with E-state index < -0.39 is 0 Å². The van der Waals surface area contributed by atoms with Crippen molar-refractivity contribution in [1.29, 1.82) is 0 Å². The van der Waals surface area contributed by atoms with Crippen molar-refractivity contribution in [2.24, 2.45) is 7.05 Å². The molecule has 5 nitrogen and oxygen atoms in total. The third-order valence-electron chi connectivity index (χ3n) is 5.76. The zero-order valence-corrected chi connectivity index (χ0v) is 17.5. The highest BCUT2D eigenvalue weighted by molar-refractivity contribution is 7.18. The lowest BCUT2D eigenvalue weighted by Crippen LogP contribution is -2.30. The summed E-state index contributed by atoms with van der Waals surface area (Å²) in [7, 11) is 2.10. The maximum absolute atomic E-state index is 13.0. The topological polar surface area (TPSA) is 53.9 Å². The average Bonchev–Trinajstić information content (AvgIpc) is 3.46. The molecule has 0 bridgehead atoms. The van der Waals surface area contributed by atoms with Gasteiger partial charge in [-0.05, 0) is 49.9 Å². The van der Waals surface area contributed by atoms with Crippen LogP contribution in [0.15, 0.2) is 46.0 Å². The van der Waals surface area contributed by atoms with Crippen LogP contribution in [-0.4, -0.2) is 26.0 Å². The molecule has 7 heteroatoms. The van der Waals surface area contributed by atoms with Gasteiger partial charge in [-0.25, -0.2) is 4.98 Å². The van der Waals surface area contributed by atoms with Crippen molar-refractivity contribution in [2.45, 2.75) is 31.8 Å². The van der Waals surface area contributed by atoms with E-state index in [9.17, 15) is 4.79 Å². The monoisotopic (exact) mass is 410 g/mol. The van der Waals surface area contributed by atoms with Crippen LogP contribution in [0.2, 0.25) is 0 Å². The number of nitrogens with zero attached hydrogens (tertiary/aromatic N) is 3. The molecule has 0 amide bonds. The predicted octanol–water partition coefficient (Wildman–Crippen LogP) is 4.95. The molecule has 1 saturated heterocycles. The Labute approximate surface area is 171 Å². The Balaban J connectivity index is 1.52. The molecule has 4 aromatic heterocycles. The van der Waals surface area contributed by atoms with E-state index in [0.29, 0.717) is 11.4 Å². The predicted molar refractivity (Wildman–Crippen MR) is 116 cm³/mol. The number of thiophene rings is 2. The van der Waals surface area contributed by atoms with Crippen molar-refractivity contribution in [3.8, 4) is 10.4 Å². The number of fused-ring (bicyclic) bond motifs is 1. The molecule has 2 atom stereocenters. The second-order valence-corrected chi connectivity index (χ2v) is 9.18. The summed E-state index contributed by atoms with van der Waals surface area (Å²) in [5.41, 5.74) is 2.28. The molecule has 28 heavy (non-hydrogen) atoms. The Bertz CT molecular complexity index is 1170. The van der Waals surface area contributed by atoms with E-state index in [4.69, 9.17) is 4.98 Å². The first kappa shape index (κ1) is 17.8. The van der Waals surface area contributed by atoms with E-state index in [2.05, 4.69) is 58.2 Å².